The molecule has 1 aromatic rings. The predicted octanol–water partition coefficient (Wildman–Crippen LogP) is 2.87. The molecular formula is C13H20FNOS. The normalized spacial score (nSPS) is 10.7. The van der Waals surface area contributed by atoms with Gasteiger partial charge in [-0.2, -0.15) is 0 Å². The van der Waals surface area contributed by atoms with Gasteiger partial charge >= 0.3 is 0 Å². The second-order valence-electron chi connectivity index (χ2n) is 3.70. The first-order chi connectivity index (χ1) is 8.36. The Morgan fingerprint density at radius 3 is 2.71 bits per heavy atom. The van der Waals surface area contributed by atoms with Gasteiger partial charge in [0, 0.05) is 30.8 Å². The van der Waals surface area contributed by atoms with Gasteiger partial charge in [-0.15, -0.1) is 11.8 Å². The molecule has 0 aliphatic heterocycles. The first kappa shape index (κ1) is 14.5. The first-order valence-corrected chi connectivity index (χ1v) is 6.82. The minimum absolute atomic E-state index is 0.228. The van der Waals surface area contributed by atoms with E-state index in [0.717, 1.165) is 25.4 Å². The van der Waals surface area contributed by atoms with E-state index in [2.05, 4.69) is 29.6 Å². The second-order valence-corrected chi connectivity index (χ2v) is 4.87. The van der Waals surface area contributed by atoms with E-state index < -0.39 is 0 Å². The molecule has 2 nitrogen and oxygen atoms in total. The second kappa shape index (κ2) is 9.45. The lowest BCUT2D eigenvalue weighted by Crippen LogP contribution is -2.18. The molecule has 0 heterocycles. The molecule has 0 aliphatic rings. The van der Waals surface area contributed by atoms with Gasteiger partial charge < -0.3 is 10.1 Å². The number of hydrogen-bond donors (Lipinski definition) is 1. The summed E-state index contributed by atoms with van der Waals surface area (Å²) in [7, 11) is 1.70. The third-order valence-electron chi connectivity index (χ3n) is 2.28. The molecule has 1 aromatic carbocycles. The van der Waals surface area contributed by atoms with Crippen molar-refractivity contribution >= 4 is 11.8 Å². The number of nitrogens with one attached hydrogen (secondary N) is 1. The van der Waals surface area contributed by atoms with Crippen LogP contribution in [-0.4, -0.2) is 32.7 Å². The molecule has 96 valence electrons. The fourth-order valence-corrected chi connectivity index (χ4v) is 2.17. The molecule has 0 spiro atoms. The van der Waals surface area contributed by atoms with Gasteiger partial charge in [0.1, 0.15) is 0 Å². The summed E-state index contributed by atoms with van der Waals surface area (Å²) in [6.07, 6.45) is 0.630. The van der Waals surface area contributed by atoms with Crippen molar-refractivity contribution in [3.05, 3.63) is 29.8 Å². The Hall–Kier alpha value is -0.580. The van der Waals surface area contributed by atoms with Crippen molar-refractivity contribution in [1.82, 2.24) is 5.32 Å². The fourth-order valence-electron chi connectivity index (χ4n) is 1.36. The number of benzene rings is 1. The quantitative estimate of drug-likeness (QED) is 0.543. The van der Waals surface area contributed by atoms with Gasteiger partial charge in [-0.25, -0.2) is 0 Å². The van der Waals surface area contributed by atoms with Crippen LogP contribution in [0.2, 0.25) is 0 Å². The van der Waals surface area contributed by atoms with Crippen LogP contribution in [0.4, 0.5) is 4.39 Å². The highest BCUT2D eigenvalue weighted by Crippen LogP contribution is 2.19. The molecule has 4 heteroatoms. The summed E-state index contributed by atoms with van der Waals surface area (Å²) in [6, 6.07) is 8.40. The number of thioether (sulfide) groups is 1. The van der Waals surface area contributed by atoms with Crippen LogP contribution in [-0.2, 0) is 11.3 Å². The van der Waals surface area contributed by atoms with Crippen LogP contribution in [0, 0.1) is 0 Å². The first-order valence-electron chi connectivity index (χ1n) is 5.84. The highest BCUT2D eigenvalue weighted by Gasteiger charge is 1.96. The third kappa shape index (κ3) is 6.66. The number of ether oxygens (including phenoxy) is 1. The summed E-state index contributed by atoms with van der Waals surface area (Å²) in [5, 5.41) is 3.29. The van der Waals surface area contributed by atoms with Crippen LogP contribution in [0.25, 0.3) is 0 Å². The molecule has 1 rings (SSSR count). The minimum Gasteiger partial charge on any atom is -0.383 e. The summed E-state index contributed by atoms with van der Waals surface area (Å²) < 4.78 is 16.9. The number of rotatable bonds is 9. The van der Waals surface area contributed by atoms with E-state index in [0.29, 0.717) is 6.42 Å². The van der Waals surface area contributed by atoms with Crippen molar-refractivity contribution in [2.45, 2.75) is 17.9 Å². The zero-order valence-corrected chi connectivity index (χ0v) is 11.1. The molecule has 0 saturated heterocycles. The Kier molecular flexibility index (Phi) is 8.05. The molecule has 1 N–H and O–H groups in total. The molecule has 0 saturated carbocycles. The van der Waals surface area contributed by atoms with Gasteiger partial charge in [-0.3, -0.25) is 4.39 Å². The molecule has 0 fully saturated rings. The molecule has 0 aliphatic carbocycles. The topological polar surface area (TPSA) is 21.3 Å². The largest absolute Gasteiger partial charge is 0.383 e. The van der Waals surface area contributed by atoms with Gasteiger partial charge in [0.2, 0.25) is 0 Å². The zero-order valence-electron chi connectivity index (χ0n) is 10.2. The maximum absolute atomic E-state index is 11.9. The van der Waals surface area contributed by atoms with Crippen molar-refractivity contribution in [1.29, 1.82) is 0 Å². The molecule has 0 aromatic heterocycles. The van der Waals surface area contributed by atoms with Crippen molar-refractivity contribution in [3.63, 3.8) is 0 Å². The lowest BCUT2D eigenvalue weighted by atomic mass is 10.2. The van der Waals surface area contributed by atoms with Crippen molar-refractivity contribution < 1.29 is 9.13 Å². The monoisotopic (exact) mass is 257 g/mol. The van der Waals surface area contributed by atoms with Crippen molar-refractivity contribution in [2.24, 2.45) is 0 Å². The Balaban J connectivity index is 2.24. The Bertz CT molecular complexity index is 292. The van der Waals surface area contributed by atoms with Crippen LogP contribution in [0.15, 0.2) is 29.2 Å². The minimum atomic E-state index is -0.228. The third-order valence-corrected chi connectivity index (χ3v) is 3.38. The van der Waals surface area contributed by atoms with Gasteiger partial charge in [0.25, 0.3) is 0 Å². The summed E-state index contributed by atoms with van der Waals surface area (Å²) in [5.74, 6) is 0.849. The average Bonchev–Trinajstić information content (AvgIpc) is 2.37. The van der Waals surface area contributed by atoms with E-state index in [1.54, 1.807) is 18.9 Å². The van der Waals surface area contributed by atoms with E-state index in [1.165, 1.54) is 10.5 Å². The number of alkyl halides is 1. The summed E-state index contributed by atoms with van der Waals surface area (Å²) in [5.41, 5.74) is 1.26. The highest BCUT2D eigenvalue weighted by atomic mass is 32.2. The summed E-state index contributed by atoms with van der Waals surface area (Å²) in [4.78, 5) is 1.21. The van der Waals surface area contributed by atoms with Crippen molar-refractivity contribution in [3.8, 4) is 0 Å². The molecule has 17 heavy (non-hydrogen) atoms. The molecule has 0 bridgehead atoms. The SMILES string of the molecule is COCCNCc1ccc(SCCCF)cc1. The van der Waals surface area contributed by atoms with E-state index in [-0.39, 0.29) is 6.67 Å². The lowest BCUT2D eigenvalue weighted by Gasteiger charge is -2.05. The average molecular weight is 257 g/mol. The molecule has 0 radical (unpaired) electrons. The highest BCUT2D eigenvalue weighted by molar-refractivity contribution is 7.99. The molecule has 0 atom stereocenters. The standard InChI is InChI=1S/C13H20FNOS/c1-16-9-8-15-11-12-3-5-13(6-4-12)17-10-2-7-14/h3-6,15H,2,7-11H2,1H3. The number of methoxy groups -OCH3 is 1. The van der Waals surface area contributed by atoms with Crippen LogP contribution in [0.5, 0.6) is 0 Å². The number of hydrogen-bond acceptors (Lipinski definition) is 3. The van der Waals surface area contributed by atoms with Gasteiger partial charge in [0.15, 0.2) is 0 Å². The van der Waals surface area contributed by atoms with E-state index in [9.17, 15) is 4.39 Å². The zero-order chi connectivity index (χ0) is 12.3. The fraction of sp³-hybridized carbons (Fsp3) is 0.538. The predicted molar refractivity (Wildman–Crippen MR) is 71.3 cm³/mol. The molecule has 0 amide bonds. The Morgan fingerprint density at radius 2 is 2.06 bits per heavy atom. The van der Waals surface area contributed by atoms with Crippen LogP contribution in [0.3, 0.4) is 0 Å². The maximum Gasteiger partial charge on any atom is 0.0902 e. The summed E-state index contributed by atoms with van der Waals surface area (Å²) >= 11 is 1.71. The van der Waals surface area contributed by atoms with Gasteiger partial charge in [-0.1, -0.05) is 12.1 Å². The number of halogens is 1. The van der Waals surface area contributed by atoms with Crippen LogP contribution < -0.4 is 5.32 Å². The Labute approximate surface area is 107 Å². The van der Waals surface area contributed by atoms with E-state index >= 15 is 0 Å². The Morgan fingerprint density at radius 1 is 1.29 bits per heavy atom. The van der Waals surface area contributed by atoms with Crippen LogP contribution >= 0.6 is 11.8 Å². The van der Waals surface area contributed by atoms with Gasteiger partial charge in [-0.05, 0) is 24.1 Å². The molecule has 0 unspecified atom stereocenters. The smallest absolute Gasteiger partial charge is 0.0902 e. The lowest BCUT2D eigenvalue weighted by molar-refractivity contribution is 0.199. The van der Waals surface area contributed by atoms with E-state index in [4.69, 9.17) is 4.74 Å². The molecular weight excluding hydrogens is 237 g/mol. The summed E-state index contributed by atoms with van der Waals surface area (Å²) in [6.45, 7) is 2.23. The van der Waals surface area contributed by atoms with Gasteiger partial charge in [0.05, 0.1) is 13.3 Å². The van der Waals surface area contributed by atoms with Crippen molar-refractivity contribution in [2.75, 3.05) is 32.7 Å². The maximum atomic E-state index is 11.9. The van der Waals surface area contributed by atoms with E-state index in [1.807, 2.05) is 0 Å². The van der Waals surface area contributed by atoms with Crippen LogP contribution in [0.1, 0.15) is 12.0 Å².